The molecular formula is C20H20N2O6. The summed E-state index contributed by atoms with van der Waals surface area (Å²) >= 11 is 0. The molecule has 0 aliphatic carbocycles. The van der Waals surface area contributed by atoms with Crippen LogP contribution in [0.25, 0.3) is 10.9 Å². The average molecular weight is 384 g/mol. The summed E-state index contributed by atoms with van der Waals surface area (Å²) in [6.45, 7) is 1.63. The molecule has 1 heterocycles. The van der Waals surface area contributed by atoms with E-state index in [-0.39, 0.29) is 16.9 Å². The molecule has 0 unspecified atom stereocenters. The number of nitrogens with zero attached hydrogens (tertiary/aromatic N) is 1. The Labute approximate surface area is 161 Å². The number of aromatic nitrogens is 2. The minimum absolute atomic E-state index is 0.212. The minimum Gasteiger partial charge on any atom is -0.493 e. The highest BCUT2D eigenvalue weighted by Crippen LogP contribution is 2.38. The maximum Gasteiger partial charge on any atom is 0.339 e. The number of H-pyrrole nitrogens is 1. The van der Waals surface area contributed by atoms with Gasteiger partial charge >= 0.3 is 5.97 Å². The summed E-state index contributed by atoms with van der Waals surface area (Å²) in [4.78, 5) is 31.9. The first-order valence-corrected chi connectivity index (χ1v) is 8.48. The van der Waals surface area contributed by atoms with Crippen LogP contribution in [0.15, 0.2) is 41.2 Å². The van der Waals surface area contributed by atoms with Gasteiger partial charge in [0.2, 0.25) is 5.75 Å². The van der Waals surface area contributed by atoms with Gasteiger partial charge < -0.3 is 23.9 Å². The molecule has 8 nitrogen and oxygen atoms in total. The first-order chi connectivity index (χ1) is 13.5. The van der Waals surface area contributed by atoms with Crippen LogP contribution in [0.2, 0.25) is 0 Å². The van der Waals surface area contributed by atoms with E-state index in [0.717, 1.165) is 0 Å². The molecule has 1 N–H and O–H groups in total. The predicted molar refractivity (Wildman–Crippen MR) is 102 cm³/mol. The number of methoxy groups -OCH3 is 3. The van der Waals surface area contributed by atoms with Crippen LogP contribution < -0.4 is 19.8 Å². The first-order valence-electron chi connectivity index (χ1n) is 8.48. The van der Waals surface area contributed by atoms with Crippen molar-refractivity contribution in [1.82, 2.24) is 9.97 Å². The molecular weight excluding hydrogens is 364 g/mol. The van der Waals surface area contributed by atoms with Crippen molar-refractivity contribution in [2.24, 2.45) is 0 Å². The lowest BCUT2D eigenvalue weighted by atomic mass is 10.2. The molecule has 0 amide bonds. The summed E-state index contributed by atoms with van der Waals surface area (Å²) in [6, 6.07) is 9.93. The lowest BCUT2D eigenvalue weighted by Gasteiger charge is -2.16. The van der Waals surface area contributed by atoms with E-state index >= 15 is 0 Å². The maximum atomic E-state index is 12.6. The molecule has 146 valence electrons. The van der Waals surface area contributed by atoms with Crippen LogP contribution in [-0.4, -0.2) is 37.3 Å². The van der Waals surface area contributed by atoms with Crippen molar-refractivity contribution >= 4 is 16.9 Å². The monoisotopic (exact) mass is 384 g/mol. The van der Waals surface area contributed by atoms with Gasteiger partial charge in [0.15, 0.2) is 23.4 Å². The molecule has 1 atom stereocenters. The quantitative estimate of drug-likeness (QED) is 0.652. The lowest BCUT2D eigenvalue weighted by Crippen LogP contribution is -2.17. The number of carbonyl (C=O) groups is 1. The number of benzene rings is 2. The Morgan fingerprint density at radius 3 is 2.29 bits per heavy atom. The van der Waals surface area contributed by atoms with Gasteiger partial charge in [-0.05, 0) is 31.2 Å². The summed E-state index contributed by atoms with van der Waals surface area (Å²) in [7, 11) is 4.39. The van der Waals surface area contributed by atoms with Crippen molar-refractivity contribution in [3.8, 4) is 17.2 Å². The van der Waals surface area contributed by atoms with E-state index in [1.807, 2.05) is 0 Å². The predicted octanol–water partition coefficient (Wildman–Crippen LogP) is 2.87. The van der Waals surface area contributed by atoms with Crippen molar-refractivity contribution in [1.29, 1.82) is 0 Å². The first kappa shape index (κ1) is 19.2. The fourth-order valence-electron chi connectivity index (χ4n) is 2.78. The van der Waals surface area contributed by atoms with Crippen LogP contribution in [-0.2, 0) is 4.74 Å². The van der Waals surface area contributed by atoms with E-state index in [0.29, 0.717) is 28.2 Å². The molecule has 0 bridgehead atoms. The molecule has 0 aliphatic heterocycles. The summed E-state index contributed by atoms with van der Waals surface area (Å²) in [5.41, 5.74) is 0.442. The average Bonchev–Trinajstić information content (AvgIpc) is 2.72. The van der Waals surface area contributed by atoms with Crippen LogP contribution in [0.4, 0.5) is 0 Å². The molecule has 0 aliphatic rings. The zero-order valence-corrected chi connectivity index (χ0v) is 15.9. The van der Waals surface area contributed by atoms with E-state index < -0.39 is 12.1 Å². The SMILES string of the molecule is COc1cc(C(=O)O[C@@H](C)c2nc3ccccc3c(=O)[nH]2)cc(OC)c1OC. The number of aromatic amines is 1. The molecule has 28 heavy (non-hydrogen) atoms. The van der Waals surface area contributed by atoms with Gasteiger partial charge in [-0.3, -0.25) is 4.79 Å². The fourth-order valence-corrected chi connectivity index (χ4v) is 2.78. The topological polar surface area (TPSA) is 99.7 Å². The third-order valence-electron chi connectivity index (χ3n) is 4.20. The molecule has 0 fully saturated rings. The van der Waals surface area contributed by atoms with Crippen LogP contribution in [0.3, 0.4) is 0 Å². The number of hydrogen-bond donors (Lipinski definition) is 1. The van der Waals surface area contributed by atoms with Gasteiger partial charge in [-0.1, -0.05) is 12.1 Å². The van der Waals surface area contributed by atoms with E-state index in [1.165, 1.54) is 33.5 Å². The fraction of sp³-hybridized carbons (Fsp3) is 0.250. The van der Waals surface area contributed by atoms with E-state index in [1.54, 1.807) is 31.2 Å². The van der Waals surface area contributed by atoms with Crippen molar-refractivity contribution in [2.45, 2.75) is 13.0 Å². The molecule has 0 spiro atoms. The van der Waals surface area contributed by atoms with Crippen LogP contribution in [0, 0.1) is 0 Å². The zero-order valence-electron chi connectivity index (χ0n) is 15.9. The second-order valence-electron chi connectivity index (χ2n) is 5.93. The number of para-hydroxylation sites is 1. The van der Waals surface area contributed by atoms with Gasteiger partial charge in [0, 0.05) is 0 Å². The molecule has 3 aromatic rings. The molecule has 1 aromatic heterocycles. The summed E-state index contributed by atoms with van der Waals surface area (Å²) in [5, 5.41) is 0.467. The van der Waals surface area contributed by atoms with Crippen molar-refractivity contribution < 1.29 is 23.7 Å². The Morgan fingerprint density at radius 2 is 1.68 bits per heavy atom. The van der Waals surface area contributed by atoms with Gasteiger partial charge in [-0.25, -0.2) is 9.78 Å². The molecule has 0 saturated heterocycles. The Bertz CT molecular complexity index is 1050. The van der Waals surface area contributed by atoms with Crippen molar-refractivity contribution in [3.63, 3.8) is 0 Å². The zero-order chi connectivity index (χ0) is 20.3. The number of esters is 1. The van der Waals surface area contributed by atoms with Gasteiger partial charge in [-0.15, -0.1) is 0 Å². The van der Waals surface area contributed by atoms with Crippen LogP contribution >= 0.6 is 0 Å². The van der Waals surface area contributed by atoms with E-state index in [2.05, 4.69) is 9.97 Å². The highest BCUT2D eigenvalue weighted by molar-refractivity contribution is 5.91. The second kappa shape index (κ2) is 7.99. The standard InChI is InChI=1S/C20H20N2O6/c1-11(18-21-14-8-6-5-7-13(14)19(23)22-18)28-20(24)12-9-15(25-2)17(27-4)16(10-12)26-3/h5-11H,1-4H3,(H,21,22,23)/t11-/m0/s1. The summed E-state index contributed by atoms with van der Waals surface area (Å²) in [5.74, 6) is 0.666. The van der Waals surface area contributed by atoms with Gasteiger partial charge in [0.25, 0.3) is 5.56 Å². The highest BCUT2D eigenvalue weighted by atomic mass is 16.5. The molecule has 2 aromatic carbocycles. The summed E-state index contributed by atoms with van der Waals surface area (Å²) < 4.78 is 21.2. The third kappa shape index (κ3) is 3.62. The number of carbonyl (C=O) groups excluding carboxylic acids is 1. The minimum atomic E-state index is -0.774. The number of rotatable bonds is 6. The molecule has 8 heteroatoms. The maximum absolute atomic E-state index is 12.6. The van der Waals surface area contributed by atoms with Crippen LogP contribution in [0.5, 0.6) is 17.2 Å². The normalized spacial score (nSPS) is 11.7. The number of ether oxygens (including phenoxy) is 4. The van der Waals surface area contributed by atoms with E-state index in [4.69, 9.17) is 18.9 Å². The van der Waals surface area contributed by atoms with Crippen molar-refractivity contribution in [3.05, 3.63) is 58.1 Å². The third-order valence-corrected chi connectivity index (χ3v) is 4.20. The molecule has 0 radical (unpaired) electrons. The Kier molecular flexibility index (Phi) is 5.49. The Balaban J connectivity index is 1.90. The van der Waals surface area contributed by atoms with Gasteiger partial charge in [0.05, 0.1) is 37.8 Å². The number of fused-ring (bicyclic) bond motifs is 1. The smallest absolute Gasteiger partial charge is 0.339 e. The highest BCUT2D eigenvalue weighted by Gasteiger charge is 2.21. The molecule has 3 rings (SSSR count). The van der Waals surface area contributed by atoms with Gasteiger partial charge in [0.1, 0.15) is 0 Å². The number of hydrogen-bond acceptors (Lipinski definition) is 7. The second-order valence-corrected chi connectivity index (χ2v) is 5.93. The van der Waals surface area contributed by atoms with Crippen molar-refractivity contribution in [2.75, 3.05) is 21.3 Å². The molecule has 0 saturated carbocycles. The summed E-state index contributed by atoms with van der Waals surface area (Å²) in [6.07, 6.45) is -0.774. The number of nitrogens with one attached hydrogen (secondary N) is 1. The van der Waals surface area contributed by atoms with Crippen LogP contribution in [0.1, 0.15) is 29.2 Å². The Morgan fingerprint density at radius 1 is 1.04 bits per heavy atom. The lowest BCUT2D eigenvalue weighted by molar-refractivity contribution is 0.0319. The largest absolute Gasteiger partial charge is 0.493 e. The van der Waals surface area contributed by atoms with E-state index in [9.17, 15) is 9.59 Å². The Hall–Kier alpha value is -3.55. The van der Waals surface area contributed by atoms with Gasteiger partial charge in [-0.2, -0.15) is 0 Å².